The molecule has 0 unspecified atom stereocenters. The highest BCUT2D eigenvalue weighted by Crippen LogP contribution is 2.21. The molecule has 0 amide bonds. The molecule has 0 radical (unpaired) electrons. The van der Waals surface area contributed by atoms with Gasteiger partial charge in [-0.05, 0) is 43.2 Å². The van der Waals surface area contributed by atoms with E-state index in [0.29, 0.717) is 28.6 Å². The molecule has 0 aliphatic heterocycles. The van der Waals surface area contributed by atoms with Crippen LogP contribution in [0.4, 0.5) is 0 Å². The Morgan fingerprint density at radius 3 is 2.77 bits per heavy atom. The summed E-state index contributed by atoms with van der Waals surface area (Å²) in [5.41, 5.74) is 0.315. The lowest BCUT2D eigenvalue weighted by molar-refractivity contribution is 0.529. The minimum absolute atomic E-state index is 0.223. The molecule has 9 heteroatoms. The molecule has 0 saturated carbocycles. The molecule has 0 aliphatic carbocycles. The number of nitrogens with one attached hydrogen (secondary N) is 1. The smallest absolute Gasteiger partial charge is 0.266 e. The molecule has 3 aromatic rings. The molecule has 7 nitrogen and oxygen atoms in total. The monoisotopic (exact) mass is 393 g/mol. The molecular weight excluding hydrogens is 374 g/mol. The third-order valence-corrected chi connectivity index (χ3v) is 6.91. The second-order valence-corrected chi connectivity index (χ2v) is 8.75. The van der Waals surface area contributed by atoms with Crippen LogP contribution >= 0.6 is 11.3 Å². The maximum Gasteiger partial charge on any atom is 0.266 e. The van der Waals surface area contributed by atoms with Gasteiger partial charge in [-0.1, -0.05) is 6.92 Å². The number of aromatic nitrogens is 2. The van der Waals surface area contributed by atoms with E-state index in [1.807, 2.05) is 13.0 Å². The molecule has 1 N–H and O–H groups in total. The first-order chi connectivity index (χ1) is 12.5. The fourth-order valence-corrected chi connectivity index (χ4v) is 4.78. The summed E-state index contributed by atoms with van der Waals surface area (Å²) in [5, 5.41) is 4.26. The minimum atomic E-state index is -3.51. The zero-order chi connectivity index (χ0) is 18.6. The van der Waals surface area contributed by atoms with Crippen LogP contribution < -0.4 is 10.3 Å². The van der Waals surface area contributed by atoms with Crippen molar-refractivity contribution in [3.05, 3.63) is 57.9 Å². The Morgan fingerprint density at radius 1 is 1.23 bits per heavy atom. The van der Waals surface area contributed by atoms with E-state index in [-0.39, 0.29) is 12.1 Å². The van der Waals surface area contributed by atoms with E-state index in [1.165, 1.54) is 28.3 Å². The van der Waals surface area contributed by atoms with Crippen molar-refractivity contribution in [2.75, 3.05) is 6.54 Å². The van der Waals surface area contributed by atoms with Crippen molar-refractivity contribution in [2.45, 2.75) is 30.5 Å². The van der Waals surface area contributed by atoms with Gasteiger partial charge in [0.25, 0.3) is 5.56 Å². The maximum absolute atomic E-state index is 12.3. The lowest BCUT2D eigenvalue weighted by Crippen LogP contribution is -2.27. The number of nitrogens with zero attached hydrogens (tertiary/aromatic N) is 2. The van der Waals surface area contributed by atoms with E-state index in [0.717, 1.165) is 11.3 Å². The number of furan rings is 1. The first-order valence-electron chi connectivity index (χ1n) is 8.20. The Morgan fingerprint density at radius 2 is 2.08 bits per heavy atom. The molecule has 0 fully saturated rings. The highest BCUT2D eigenvalue weighted by atomic mass is 32.2. The highest BCUT2D eigenvalue weighted by molar-refractivity contribution is 7.91. The Labute approximate surface area is 155 Å². The summed E-state index contributed by atoms with van der Waals surface area (Å²) in [6, 6.07) is 9.97. The summed E-state index contributed by atoms with van der Waals surface area (Å²) in [5.74, 6) is 0.573. The molecule has 0 atom stereocenters. The van der Waals surface area contributed by atoms with Crippen LogP contribution in [0.3, 0.4) is 0 Å². The van der Waals surface area contributed by atoms with Gasteiger partial charge in [-0.15, -0.1) is 11.3 Å². The van der Waals surface area contributed by atoms with E-state index in [9.17, 15) is 13.2 Å². The van der Waals surface area contributed by atoms with Crippen molar-refractivity contribution in [3.63, 3.8) is 0 Å². The molecule has 0 saturated heterocycles. The summed E-state index contributed by atoms with van der Waals surface area (Å²) < 4.78 is 34.0. The molecule has 26 heavy (non-hydrogen) atoms. The fraction of sp³-hybridized carbons (Fsp3) is 0.294. The van der Waals surface area contributed by atoms with Gasteiger partial charge in [-0.25, -0.2) is 17.8 Å². The Hall–Kier alpha value is -2.23. The van der Waals surface area contributed by atoms with Gasteiger partial charge in [0.05, 0.1) is 6.26 Å². The number of sulfonamides is 1. The number of rotatable bonds is 8. The molecule has 0 bridgehead atoms. The highest BCUT2D eigenvalue weighted by Gasteiger charge is 2.15. The third-order valence-electron chi connectivity index (χ3n) is 3.73. The van der Waals surface area contributed by atoms with E-state index in [2.05, 4.69) is 9.82 Å². The van der Waals surface area contributed by atoms with Crippen LogP contribution in [0.15, 0.2) is 56.1 Å². The Bertz CT molecular complexity index is 1020. The summed E-state index contributed by atoms with van der Waals surface area (Å²) in [4.78, 5) is 12.9. The molecular formula is C17H19N3O4S2. The van der Waals surface area contributed by atoms with Gasteiger partial charge in [0.1, 0.15) is 9.90 Å². The van der Waals surface area contributed by atoms with Crippen molar-refractivity contribution in [1.29, 1.82) is 0 Å². The van der Waals surface area contributed by atoms with Gasteiger partial charge in [-0.2, -0.15) is 5.10 Å². The van der Waals surface area contributed by atoms with Crippen LogP contribution in [0.25, 0.3) is 11.5 Å². The molecule has 3 rings (SSSR count). The Kier molecular flexibility index (Phi) is 5.70. The van der Waals surface area contributed by atoms with E-state index in [1.54, 1.807) is 24.3 Å². The van der Waals surface area contributed by atoms with Gasteiger partial charge in [-0.3, -0.25) is 4.79 Å². The molecule has 0 aliphatic rings. The van der Waals surface area contributed by atoms with Crippen LogP contribution in [0, 0.1) is 0 Å². The average molecular weight is 393 g/mol. The van der Waals surface area contributed by atoms with Crippen molar-refractivity contribution in [3.8, 4) is 11.5 Å². The summed E-state index contributed by atoms with van der Waals surface area (Å²) in [7, 11) is -3.51. The van der Waals surface area contributed by atoms with Gasteiger partial charge in [0, 0.05) is 24.0 Å². The van der Waals surface area contributed by atoms with Crippen molar-refractivity contribution >= 4 is 21.4 Å². The third kappa shape index (κ3) is 4.29. The Balaban J connectivity index is 1.60. The predicted octanol–water partition coefficient (Wildman–Crippen LogP) is 2.50. The van der Waals surface area contributed by atoms with Crippen LogP contribution in [0.2, 0.25) is 0 Å². The summed E-state index contributed by atoms with van der Waals surface area (Å²) in [6.07, 6.45) is 2.79. The number of hydrogen-bond acceptors (Lipinski definition) is 6. The van der Waals surface area contributed by atoms with Gasteiger partial charge >= 0.3 is 0 Å². The van der Waals surface area contributed by atoms with Crippen LogP contribution in [0.5, 0.6) is 0 Å². The van der Waals surface area contributed by atoms with Gasteiger partial charge in [0.15, 0.2) is 5.76 Å². The number of hydrogen-bond donors (Lipinski definition) is 1. The quantitative estimate of drug-likeness (QED) is 0.594. The second-order valence-electron chi connectivity index (χ2n) is 5.58. The molecule has 0 aromatic carbocycles. The zero-order valence-corrected chi connectivity index (χ0v) is 15.8. The molecule has 138 valence electrons. The summed E-state index contributed by atoms with van der Waals surface area (Å²) >= 11 is 1.27. The molecule has 3 aromatic heterocycles. The largest absolute Gasteiger partial charge is 0.463 e. The lowest BCUT2D eigenvalue weighted by atomic mass is 10.3. The standard InChI is InChI=1S/C17H19N3O4S2/c1-2-13-6-9-17(25-13)26(22,23)18-10-4-11-20-16(21)8-7-14(19-20)15-5-3-12-24-15/h3,5-9,12,18H,2,4,10-11H2,1H3. The summed E-state index contributed by atoms with van der Waals surface area (Å²) in [6.45, 7) is 2.51. The predicted molar refractivity (Wildman–Crippen MR) is 99.7 cm³/mol. The fourth-order valence-electron chi connectivity index (χ4n) is 2.36. The number of aryl methyl sites for hydroxylation is 2. The van der Waals surface area contributed by atoms with E-state index >= 15 is 0 Å². The van der Waals surface area contributed by atoms with Crippen LogP contribution in [-0.2, 0) is 23.0 Å². The molecule has 3 heterocycles. The average Bonchev–Trinajstić information content (AvgIpc) is 3.31. The first kappa shape index (κ1) is 18.6. The topological polar surface area (TPSA) is 94.2 Å². The number of thiophene rings is 1. The van der Waals surface area contributed by atoms with Crippen molar-refractivity contribution in [1.82, 2.24) is 14.5 Å². The first-order valence-corrected chi connectivity index (χ1v) is 10.5. The second kappa shape index (κ2) is 7.98. The zero-order valence-electron chi connectivity index (χ0n) is 14.2. The maximum atomic E-state index is 12.3. The normalized spacial score (nSPS) is 11.7. The van der Waals surface area contributed by atoms with Gasteiger partial charge in [0.2, 0.25) is 10.0 Å². The van der Waals surface area contributed by atoms with E-state index < -0.39 is 10.0 Å². The van der Waals surface area contributed by atoms with E-state index in [4.69, 9.17) is 4.42 Å². The molecule has 0 spiro atoms. The van der Waals surface area contributed by atoms with Gasteiger partial charge < -0.3 is 4.42 Å². The van der Waals surface area contributed by atoms with Crippen LogP contribution in [-0.4, -0.2) is 24.7 Å². The van der Waals surface area contributed by atoms with Crippen molar-refractivity contribution < 1.29 is 12.8 Å². The minimum Gasteiger partial charge on any atom is -0.463 e. The lowest BCUT2D eigenvalue weighted by Gasteiger charge is -2.07. The van der Waals surface area contributed by atoms with Crippen LogP contribution in [0.1, 0.15) is 18.2 Å². The SMILES string of the molecule is CCc1ccc(S(=O)(=O)NCCCn2nc(-c3ccco3)ccc2=O)s1. The van der Waals surface area contributed by atoms with Crippen molar-refractivity contribution in [2.24, 2.45) is 0 Å².